The Balaban J connectivity index is 1.33. The summed E-state index contributed by atoms with van der Waals surface area (Å²) in [7, 11) is 0. The minimum Gasteiger partial charge on any atom is -0.491 e. The van der Waals surface area contributed by atoms with Gasteiger partial charge in [-0.3, -0.25) is 10.8 Å². The molecule has 2 aromatic heterocycles. The van der Waals surface area contributed by atoms with Crippen LogP contribution in [-0.2, 0) is 16.9 Å². The number of ether oxygens (including phenoxy) is 2. The minimum atomic E-state index is -1.07. The molecule has 11 heteroatoms. The highest BCUT2D eigenvalue weighted by Crippen LogP contribution is 2.36. The molecule has 184 valence electrons. The van der Waals surface area contributed by atoms with Gasteiger partial charge in [-0.2, -0.15) is 10.2 Å². The summed E-state index contributed by atoms with van der Waals surface area (Å²) in [6, 6.07) is 8.33. The molecule has 6 rings (SSSR count). The van der Waals surface area contributed by atoms with Crippen LogP contribution in [0, 0.1) is 6.92 Å². The number of anilines is 2. The number of guanidine groups is 1. The van der Waals surface area contributed by atoms with Gasteiger partial charge in [-0.1, -0.05) is 6.07 Å². The van der Waals surface area contributed by atoms with Gasteiger partial charge in [0.15, 0.2) is 11.6 Å². The zero-order valence-electron chi connectivity index (χ0n) is 19.8. The fourth-order valence-corrected chi connectivity index (χ4v) is 4.87. The number of aliphatic imine (C=N–C) groups is 1. The molecule has 0 bridgehead atoms. The summed E-state index contributed by atoms with van der Waals surface area (Å²) in [6.07, 6.45) is 4.61. The van der Waals surface area contributed by atoms with E-state index in [9.17, 15) is 0 Å². The summed E-state index contributed by atoms with van der Waals surface area (Å²) < 4.78 is 13.4. The second-order valence-corrected chi connectivity index (χ2v) is 9.31. The summed E-state index contributed by atoms with van der Waals surface area (Å²) in [5.41, 5.74) is 10.4. The first kappa shape index (κ1) is 21.9. The molecule has 0 radical (unpaired) electrons. The Bertz CT molecular complexity index is 1240. The van der Waals surface area contributed by atoms with E-state index in [4.69, 9.17) is 25.3 Å². The van der Waals surface area contributed by atoms with E-state index in [0.717, 1.165) is 79.7 Å². The quantitative estimate of drug-likeness (QED) is 0.385. The molecule has 5 heterocycles. The molecule has 3 aliphatic heterocycles. The van der Waals surface area contributed by atoms with Crippen molar-refractivity contribution in [1.82, 2.24) is 25.3 Å². The Hall–Kier alpha value is -3.57. The minimum absolute atomic E-state index is 0.236. The number of fused-ring (bicyclic) bond motifs is 2. The number of nitrogens with zero attached hydrogens (tertiary/aromatic N) is 4. The first-order chi connectivity index (χ1) is 17.1. The second-order valence-electron chi connectivity index (χ2n) is 9.31. The van der Waals surface area contributed by atoms with E-state index in [1.165, 1.54) is 0 Å². The summed E-state index contributed by atoms with van der Waals surface area (Å²) >= 11 is 0. The van der Waals surface area contributed by atoms with Gasteiger partial charge in [-0.15, -0.1) is 0 Å². The van der Waals surface area contributed by atoms with Crippen LogP contribution >= 0.6 is 0 Å². The Morgan fingerprint density at radius 1 is 1.23 bits per heavy atom. The van der Waals surface area contributed by atoms with Gasteiger partial charge in [-0.25, -0.2) is 9.67 Å². The van der Waals surface area contributed by atoms with Crippen molar-refractivity contribution in [3.05, 3.63) is 53.0 Å². The third-order valence-corrected chi connectivity index (χ3v) is 6.78. The van der Waals surface area contributed by atoms with Crippen LogP contribution in [0.25, 0.3) is 0 Å². The van der Waals surface area contributed by atoms with Crippen molar-refractivity contribution < 1.29 is 9.47 Å². The van der Waals surface area contributed by atoms with Crippen LogP contribution in [0.15, 0.2) is 35.5 Å². The molecule has 1 fully saturated rings. The van der Waals surface area contributed by atoms with E-state index in [1.807, 2.05) is 36.0 Å². The molecule has 0 aliphatic carbocycles. The fraction of sp³-hybridized carbons (Fsp3) is 0.458. The average molecular weight is 478 g/mol. The predicted octanol–water partition coefficient (Wildman–Crippen LogP) is 2.19. The maximum absolute atomic E-state index is 7.00. The number of aromatic amines is 1. The first-order valence-corrected chi connectivity index (χ1v) is 12.2. The van der Waals surface area contributed by atoms with Gasteiger partial charge in [0.05, 0.1) is 36.6 Å². The standard InChI is InChI=1S/C24H31N9O2/c1-15-11-21(32-31-15)24(25)18-14-28-33(17-5-9-34-10-6-17)22(18)29-23(30-24)27-13-16-3-4-20-19(12-16)26-7-2-8-35-20/h3-4,11-12,14,17,26H,2,5-10,13,25H2,1H3,(H,31,32)(H2,27,29,30). The lowest BCUT2D eigenvalue weighted by molar-refractivity contribution is 0.0668. The molecule has 3 aromatic rings. The number of hydrogen-bond acceptors (Lipinski definition) is 7. The van der Waals surface area contributed by atoms with Crippen molar-refractivity contribution in [2.75, 3.05) is 37.0 Å². The zero-order chi connectivity index (χ0) is 23.8. The Labute approximate surface area is 203 Å². The summed E-state index contributed by atoms with van der Waals surface area (Å²) in [5, 5.41) is 22.5. The molecular formula is C24H31N9O2. The molecule has 1 atom stereocenters. The molecule has 0 saturated carbocycles. The van der Waals surface area contributed by atoms with E-state index in [-0.39, 0.29) is 6.04 Å². The molecule has 1 aromatic carbocycles. The Morgan fingerprint density at radius 3 is 2.94 bits per heavy atom. The van der Waals surface area contributed by atoms with Gasteiger partial charge < -0.3 is 25.4 Å². The topological polar surface area (TPSA) is 139 Å². The van der Waals surface area contributed by atoms with Crippen LogP contribution in [0.4, 0.5) is 11.5 Å². The first-order valence-electron chi connectivity index (χ1n) is 12.2. The molecule has 3 aliphatic rings. The van der Waals surface area contributed by atoms with E-state index < -0.39 is 5.66 Å². The highest BCUT2D eigenvalue weighted by atomic mass is 16.5. The zero-order valence-corrected chi connectivity index (χ0v) is 19.8. The van der Waals surface area contributed by atoms with Gasteiger partial charge in [0.2, 0.25) is 0 Å². The number of nitrogens with two attached hydrogens (primary N) is 1. The summed E-state index contributed by atoms with van der Waals surface area (Å²) in [6.45, 7) is 5.50. The number of nitrogens with one attached hydrogen (secondary N) is 4. The van der Waals surface area contributed by atoms with Crippen LogP contribution in [-0.4, -0.2) is 52.3 Å². The van der Waals surface area contributed by atoms with E-state index in [1.54, 1.807) is 0 Å². The lowest BCUT2D eigenvalue weighted by atomic mass is 9.97. The molecule has 6 N–H and O–H groups in total. The van der Waals surface area contributed by atoms with E-state index >= 15 is 0 Å². The molecule has 35 heavy (non-hydrogen) atoms. The largest absolute Gasteiger partial charge is 0.491 e. The maximum Gasteiger partial charge on any atom is 0.199 e. The molecule has 11 nitrogen and oxygen atoms in total. The Morgan fingerprint density at radius 2 is 2.11 bits per heavy atom. The van der Waals surface area contributed by atoms with Crippen molar-refractivity contribution in [1.29, 1.82) is 0 Å². The van der Waals surface area contributed by atoms with Gasteiger partial charge in [-0.05, 0) is 49.9 Å². The van der Waals surface area contributed by atoms with Crippen molar-refractivity contribution >= 4 is 17.5 Å². The Kier molecular flexibility index (Phi) is 5.57. The second kappa shape index (κ2) is 8.90. The van der Waals surface area contributed by atoms with Crippen molar-refractivity contribution in [3.8, 4) is 5.75 Å². The maximum atomic E-state index is 7.00. The van der Waals surface area contributed by atoms with E-state index in [0.29, 0.717) is 18.2 Å². The highest BCUT2D eigenvalue weighted by molar-refractivity contribution is 5.97. The number of rotatable bonds is 4. The van der Waals surface area contributed by atoms with Gasteiger partial charge in [0.1, 0.15) is 17.3 Å². The highest BCUT2D eigenvalue weighted by Gasteiger charge is 2.42. The number of H-pyrrole nitrogens is 1. The van der Waals surface area contributed by atoms with Gasteiger partial charge in [0, 0.05) is 25.5 Å². The summed E-state index contributed by atoms with van der Waals surface area (Å²) in [4.78, 5) is 4.86. The summed E-state index contributed by atoms with van der Waals surface area (Å²) in [5.74, 6) is 2.30. The smallest absolute Gasteiger partial charge is 0.199 e. The normalized spacial score (nSPS) is 23.3. The lowest BCUT2D eigenvalue weighted by Gasteiger charge is -2.36. The van der Waals surface area contributed by atoms with E-state index in [2.05, 4.69) is 32.2 Å². The van der Waals surface area contributed by atoms with Crippen LogP contribution in [0.2, 0.25) is 0 Å². The fourth-order valence-electron chi connectivity index (χ4n) is 4.87. The molecule has 1 unspecified atom stereocenters. The monoisotopic (exact) mass is 477 g/mol. The number of benzene rings is 1. The van der Waals surface area contributed by atoms with Gasteiger partial charge in [0.25, 0.3) is 0 Å². The van der Waals surface area contributed by atoms with Crippen molar-refractivity contribution in [2.45, 2.75) is 44.4 Å². The SMILES string of the molecule is Cc1cc(C2(N)NC(=NCc3ccc4c(c3)NCCCO4)Nc3c2cnn3C2CCOCC2)n[nH]1. The number of hydrogen-bond donors (Lipinski definition) is 5. The molecule has 0 spiro atoms. The van der Waals surface area contributed by atoms with Crippen LogP contribution in [0.1, 0.15) is 47.8 Å². The number of aromatic nitrogens is 4. The van der Waals surface area contributed by atoms with Crippen LogP contribution in [0.3, 0.4) is 0 Å². The van der Waals surface area contributed by atoms with Crippen molar-refractivity contribution in [2.24, 2.45) is 10.7 Å². The number of aryl methyl sites for hydroxylation is 1. The third kappa shape index (κ3) is 4.10. The predicted molar refractivity (Wildman–Crippen MR) is 133 cm³/mol. The molecule has 0 amide bonds. The molecular weight excluding hydrogens is 446 g/mol. The average Bonchev–Trinajstić information content (AvgIpc) is 3.44. The molecule has 1 saturated heterocycles. The van der Waals surface area contributed by atoms with Gasteiger partial charge >= 0.3 is 0 Å². The van der Waals surface area contributed by atoms with Crippen LogP contribution < -0.4 is 26.4 Å². The van der Waals surface area contributed by atoms with Crippen LogP contribution in [0.5, 0.6) is 5.75 Å². The lowest BCUT2D eigenvalue weighted by Crippen LogP contribution is -2.59. The van der Waals surface area contributed by atoms with Crippen molar-refractivity contribution in [3.63, 3.8) is 0 Å². The third-order valence-electron chi connectivity index (χ3n) is 6.78.